The Bertz CT molecular complexity index is 173. The van der Waals surface area contributed by atoms with Gasteiger partial charge in [-0.25, -0.2) is 4.79 Å². The Morgan fingerprint density at radius 1 is 1.12 bits per heavy atom. The third-order valence-electron chi connectivity index (χ3n) is 1.47. The molecule has 0 heterocycles. The SMILES string of the molecule is O=C(COCC(O)CO)OCCOCCO. The van der Waals surface area contributed by atoms with Crippen LogP contribution in [0.5, 0.6) is 0 Å². The van der Waals surface area contributed by atoms with Gasteiger partial charge in [0.2, 0.25) is 0 Å². The fraction of sp³-hybridized carbons (Fsp3) is 0.889. The molecule has 0 aliphatic rings. The molecule has 0 fully saturated rings. The summed E-state index contributed by atoms with van der Waals surface area (Å²) in [6.45, 7) is -0.378. The minimum Gasteiger partial charge on any atom is -0.462 e. The molecule has 7 nitrogen and oxygen atoms in total. The highest BCUT2D eigenvalue weighted by molar-refractivity contribution is 5.70. The van der Waals surface area contributed by atoms with Crippen molar-refractivity contribution < 1.29 is 34.3 Å². The van der Waals surface area contributed by atoms with Crippen molar-refractivity contribution in [1.82, 2.24) is 0 Å². The van der Waals surface area contributed by atoms with Gasteiger partial charge in [-0.15, -0.1) is 0 Å². The molecule has 0 bridgehead atoms. The van der Waals surface area contributed by atoms with E-state index in [4.69, 9.17) is 24.8 Å². The van der Waals surface area contributed by atoms with Crippen molar-refractivity contribution in [3.8, 4) is 0 Å². The quantitative estimate of drug-likeness (QED) is 0.296. The molecule has 16 heavy (non-hydrogen) atoms. The monoisotopic (exact) mass is 238 g/mol. The van der Waals surface area contributed by atoms with E-state index in [-0.39, 0.29) is 39.6 Å². The van der Waals surface area contributed by atoms with Crippen LogP contribution in [0.3, 0.4) is 0 Å². The number of carbonyl (C=O) groups is 1. The Hall–Kier alpha value is -0.730. The number of esters is 1. The zero-order valence-corrected chi connectivity index (χ0v) is 9.00. The molecule has 1 unspecified atom stereocenters. The van der Waals surface area contributed by atoms with Crippen molar-refractivity contribution in [2.45, 2.75) is 6.10 Å². The minimum atomic E-state index is -0.985. The van der Waals surface area contributed by atoms with Crippen molar-refractivity contribution in [2.24, 2.45) is 0 Å². The van der Waals surface area contributed by atoms with Gasteiger partial charge in [0.15, 0.2) is 0 Å². The standard InChI is InChI=1S/C9H18O7/c10-1-2-14-3-4-16-9(13)7-15-6-8(12)5-11/h8,10-12H,1-7H2. The Balaban J connectivity index is 3.24. The number of rotatable bonds is 10. The summed E-state index contributed by atoms with van der Waals surface area (Å²) in [6, 6.07) is 0. The highest BCUT2D eigenvalue weighted by Crippen LogP contribution is 1.87. The van der Waals surface area contributed by atoms with E-state index in [0.29, 0.717) is 0 Å². The van der Waals surface area contributed by atoms with Gasteiger partial charge >= 0.3 is 5.97 Å². The summed E-state index contributed by atoms with van der Waals surface area (Å²) in [5.74, 6) is -0.572. The maximum absolute atomic E-state index is 10.9. The highest BCUT2D eigenvalue weighted by atomic mass is 16.6. The second kappa shape index (κ2) is 10.8. The topological polar surface area (TPSA) is 105 Å². The van der Waals surface area contributed by atoms with Gasteiger partial charge in [0.1, 0.15) is 19.3 Å². The van der Waals surface area contributed by atoms with E-state index in [2.05, 4.69) is 4.74 Å². The normalized spacial score (nSPS) is 12.4. The molecule has 0 aliphatic heterocycles. The smallest absolute Gasteiger partial charge is 0.332 e. The summed E-state index contributed by atoms with van der Waals surface area (Å²) in [6.07, 6.45) is -0.985. The molecule has 1 atom stereocenters. The molecule has 0 aromatic rings. The predicted molar refractivity (Wildman–Crippen MR) is 52.8 cm³/mol. The van der Waals surface area contributed by atoms with Crippen LogP contribution in [0.1, 0.15) is 0 Å². The Labute approximate surface area is 93.5 Å². The van der Waals surface area contributed by atoms with Crippen LogP contribution < -0.4 is 0 Å². The van der Waals surface area contributed by atoms with Crippen molar-refractivity contribution in [2.75, 3.05) is 46.2 Å². The minimum absolute atomic E-state index is 0.0733. The fourth-order valence-electron chi connectivity index (χ4n) is 0.754. The Kier molecular flexibility index (Phi) is 10.3. The lowest BCUT2D eigenvalue weighted by Crippen LogP contribution is -2.23. The summed E-state index contributed by atoms with van der Waals surface area (Å²) < 4.78 is 14.3. The Morgan fingerprint density at radius 2 is 1.88 bits per heavy atom. The molecule has 0 aromatic carbocycles. The third kappa shape index (κ3) is 9.81. The molecule has 0 rings (SSSR count). The third-order valence-corrected chi connectivity index (χ3v) is 1.47. The number of aliphatic hydroxyl groups excluding tert-OH is 3. The average Bonchev–Trinajstić information content (AvgIpc) is 2.28. The van der Waals surface area contributed by atoms with E-state index in [1.807, 2.05) is 0 Å². The number of aliphatic hydroxyl groups is 3. The zero-order chi connectivity index (χ0) is 12.2. The molecular weight excluding hydrogens is 220 g/mol. The van der Waals surface area contributed by atoms with Crippen LogP contribution in [0.2, 0.25) is 0 Å². The van der Waals surface area contributed by atoms with E-state index in [1.165, 1.54) is 0 Å². The number of ether oxygens (including phenoxy) is 3. The van der Waals surface area contributed by atoms with E-state index >= 15 is 0 Å². The van der Waals surface area contributed by atoms with Crippen LogP contribution in [-0.4, -0.2) is 73.6 Å². The fourth-order valence-corrected chi connectivity index (χ4v) is 0.754. The second-order valence-corrected chi connectivity index (χ2v) is 2.91. The molecule has 0 aliphatic carbocycles. The van der Waals surface area contributed by atoms with Gasteiger partial charge in [0.05, 0.1) is 33.0 Å². The van der Waals surface area contributed by atoms with Crippen molar-refractivity contribution in [3.63, 3.8) is 0 Å². The first-order valence-electron chi connectivity index (χ1n) is 4.91. The van der Waals surface area contributed by atoms with Gasteiger partial charge in [0.25, 0.3) is 0 Å². The summed E-state index contributed by atoms with van der Waals surface area (Å²) in [5.41, 5.74) is 0. The van der Waals surface area contributed by atoms with Crippen LogP contribution in [0.4, 0.5) is 0 Å². The molecule has 0 saturated heterocycles. The van der Waals surface area contributed by atoms with Gasteiger partial charge in [-0.2, -0.15) is 0 Å². The maximum Gasteiger partial charge on any atom is 0.332 e. The highest BCUT2D eigenvalue weighted by Gasteiger charge is 2.06. The molecule has 0 spiro atoms. The maximum atomic E-state index is 10.9. The summed E-state index contributed by atoms with van der Waals surface area (Å²) in [5, 5.41) is 25.7. The van der Waals surface area contributed by atoms with Crippen LogP contribution in [0.15, 0.2) is 0 Å². The summed E-state index contributed by atoms with van der Waals surface area (Å²) >= 11 is 0. The lowest BCUT2D eigenvalue weighted by Gasteiger charge is -2.08. The molecule has 0 aromatic heterocycles. The summed E-state index contributed by atoms with van der Waals surface area (Å²) in [7, 11) is 0. The van der Waals surface area contributed by atoms with E-state index < -0.39 is 18.7 Å². The Morgan fingerprint density at radius 3 is 2.50 bits per heavy atom. The first-order chi connectivity index (χ1) is 7.70. The molecular formula is C9H18O7. The van der Waals surface area contributed by atoms with Crippen molar-refractivity contribution in [1.29, 1.82) is 0 Å². The number of hydrogen-bond donors (Lipinski definition) is 3. The lowest BCUT2D eigenvalue weighted by atomic mass is 10.4. The van der Waals surface area contributed by atoms with Gasteiger partial charge in [-0.3, -0.25) is 0 Å². The first-order valence-corrected chi connectivity index (χ1v) is 4.91. The van der Waals surface area contributed by atoms with Gasteiger partial charge in [0, 0.05) is 0 Å². The van der Waals surface area contributed by atoms with Gasteiger partial charge in [-0.05, 0) is 0 Å². The lowest BCUT2D eigenvalue weighted by molar-refractivity contribution is -0.151. The van der Waals surface area contributed by atoms with Gasteiger partial charge < -0.3 is 29.5 Å². The first kappa shape index (κ1) is 15.3. The van der Waals surface area contributed by atoms with Crippen LogP contribution in [0.25, 0.3) is 0 Å². The molecule has 96 valence electrons. The second-order valence-electron chi connectivity index (χ2n) is 2.91. The van der Waals surface area contributed by atoms with E-state index in [9.17, 15) is 4.79 Å². The van der Waals surface area contributed by atoms with Crippen LogP contribution in [-0.2, 0) is 19.0 Å². The van der Waals surface area contributed by atoms with Crippen LogP contribution >= 0.6 is 0 Å². The zero-order valence-electron chi connectivity index (χ0n) is 9.00. The molecule has 3 N–H and O–H groups in total. The number of carbonyl (C=O) groups excluding carboxylic acids is 1. The van der Waals surface area contributed by atoms with Crippen molar-refractivity contribution in [3.05, 3.63) is 0 Å². The molecule has 0 saturated carbocycles. The number of hydrogen-bond acceptors (Lipinski definition) is 7. The van der Waals surface area contributed by atoms with Crippen molar-refractivity contribution >= 4 is 5.97 Å². The predicted octanol–water partition coefficient (Wildman–Crippen LogP) is -2.09. The largest absolute Gasteiger partial charge is 0.462 e. The average molecular weight is 238 g/mol. The van der Waals surface area contributed by atoms with Crippen LogP contribution in [0, 0.1) is 0 Å². The molecule has 0 radical (unpaired) electrons. The van der Waals surface area contributed by atoms with Gasteiger partial charge in [-0.1, -0.05) is 0 Å². The molecule has 7 heteroatoms. The van der Waals surface area contributed by atoms with E-state index in [0.717, 1.165) is 0 Å². The molecule has 0 amide bonds. The summed E-state index contributed by atoms with van der Waals surface area (Å²) in [4.78, 5) is 10.9. The van der Waals surface area contributed by atoms with E-state index in [1.54, 1.807) is 0 Å².